The van der Waals surface area contributed by atoms with Crippen molar-refractivity contribution in [2.45, 2.75) is 38.6 Å². The van der Waals surface area contributed by atoms with Crippen LogP contribution in [0.25, 0.3) is 11.1 Å². The number of nitrogens with one attached hydrogen (secondary N) is 1. The second-order valence-corrected chi connectivity index (χ2v) is 7.00. The van der Waals surface area contributed by atoms with Crippen LogP contribution >= 0.6 is 11.6 Å². The Hall–Kier alpha value is -2.40. The topological polar surface area (TPSA) is 68.0 Å². The second kappa shape index (κ2) is 6.15. The third-order valence-electron chi connectivity index (χ3n) is 4.57. The molecule has 1 amide bonds. The fourth-order valence-corrected chi connectivity index (χ4v) is 3.21. The van der Waals surface area contributed by atoms with Gasteiger partial charge in [-0.15, -0.1) is 0 Å². The Morgan fingerprint density at radius 1 is 1.36 bits per heavy atom. The molecule has 1 saturated carbocycles. The number of fused-ring (bicyclic) bond motifs is 1. The largest absolute Gasteiger partial charge is 0.345 e. The molecule has 4 rings (SSSR count). The lowest BCUT2D eigenvalue weighted by Crippen LogP contribution is -2.27. The highest BCUT2D eigenvalue weighted by Crippen LogP contribution is 2.40. The molecule has 2 heterocycles. The number of benzene rings is 1. The van der Waals surface area contributed by atoms with Crippen molar-refractivity contribution in [3.63, 3.8) is 0 Å². The van der Waals surface area contributed by atoms with Gasteiger partial charge in [-0.3, -0.25) is 4.79 Å². The number of nitrogens with zero attached hydrogens (tertiary/aromatic N) is 2. The van der Waals surface area contributed by atoms with Gasteiger partial charge in [0, 0.05) is 16.6 Å². The second-order valence-electron chi connectivity index (χ2n) is 6.57. The monoisotopic (exact) mass is 355 g/mol. The first-order valence-corrected chi connectivity index (χ1v) is 8.74. The van der Waals surface area contributed by atoms with E-state index < -0.39 is 0 Å². The number of aromatic nitrogens is 2. The Bertz CT molecular complexity index is 962. The molecule has 6 heteroatoms. The van der Waals surface area contributed by atoms with Crippen LogP contribution in [0.2, 0.25) is 5.02 Å². The summed E-state index contributed by atoms with van der Waals surface area (Å²) < 4.78 is 5.30. The number of halogens is 1. The standard InChI is InChI=1S/C19H18ClN3O2/c1-10(13-4-3-5-14(20)8-13)21-18(24)15-9-16(12-6-7-12)22-19-17(15)11(2)23-25-19/h3-5,8-10,12H,6-7H2,1-2H3,(H,21,24)/t10-/m0/s1. The van der Waals surface area contributed by atoms with Gasteiger partial charge in [-0.25, -0.2) is 4.98 Å². The van der Waals surface area contributed by atoms with Crippen molar-refractivity contribution in [2.75, 3.05) is 0 Å². The Kier molecular flexibility index (Phi) is 3.96. The van der Waals surface area contributed by atoms with Crippen LogP contribution in [-0.2, 0) is 0 Å². The lowest BCUT2D eigenvalue weighted by Gasteiger charge is -2.15. The fourth-order valence-electron chi connectivity index (χ4n) is 3.01. The van der Waals surface area contributed by atoms with Crippen molar-refractivity contribution in [3.05, 3.63) is 57.9 Å². The average Bonchev–Trinajstić information content (AvgIpc) is 3.38. The molecule has 0 spiro atoms. The van der Waals surface area contributed by atoms with Crippen LogP contribution in [0.5, 0.6) is 0 Å². The van der Waals surface area contributed by atoms with Gasteiger partial charge in [0.1, 0.15) is 0 Å². The van der Waals surface area contributed by atoms with E-state index in [1.165, 1.54) is 0 Å². The fraction of sp³-hybridized carbons (Fsp3) is 0.316. The maximum atomic E-state index is 12.9. The number of carbonyl (C=O) groups is 1. The van der Waals surface area contributed by atoms with E-state index >= 15 is 0 Å². The van der Waals surface area contributed by atoms with Gasteiger partial charge >= 0.3 is 0 Å². The number of aryl methyl sites for hydroxylation is 1. The van der Waals surface area contributed by atoms with Gasteiger partial charge in [-0.1, -0.05) is 28.9 Å². The van der Waals surface area contributed by atoms with Crippen LogP contribution < -0.4 is 5.32 Å². The predicted octanol–water partition coefficient (Wildman–Crippen LogP) is 4.55. The zero-order valence-electron chi connectivity index (χ0n) is 14.0. The lowest BCUT2D eigenvalue weighted by atomic mass is 10.1. The molecular weight excluding hydrogens is 338 g/mol. The van der Waals surface area contributed by atoms with E-state index in [4.69, 9.17) is 16.1 Å². The third-order valence-corrected chi connectivity index (χ3v) is 4.81. The summed E-state index contributed by atoms with van der Waals surface area (Å²) in [5.41, 5.74) is 3.53. The Balaban J connectivity index is 1.68. The normalized spacial score (nSPS) is 15.3. The molecule has 0 aliphatic heterocycles. The molecule has 1 fully saturated rings. The Morgan fingerprint density at radius 3 is 2.88 bits per heavy atom. The van der Waals surface area contributed by atoms with Crippen molar-refractivity contribution in [3.8, 4) is 0 Å². The number of pyridine rings is 1. The van der Waals surface area contributed by atoms with E-state index in [0.29, 0.717) is 33.3 Å². The highest BCUT2D eigenvalue weighted by atomic mass is 35.5. The molecule has 1 aromatic carbocycles. The molecule has 3 aromatic rings. The number of amides is 1. The summed E-state index contributed by atoms with van der Waals surface area (Å²) >= 11 is 6.05. The predicted molar refractivity (Wildman–Crippen MR) is 95.8 cm³/mol. The molecule has 0 radical (unpaired) electrons. The molecule has 1 N–H and O–H groups in total. The number of hydrogen-bond donors (Lipinski definition) is 1. The lowest BCUT2D eigenvalue weighted by molar-refractivity contribution is 0.0941. The number of carbonyl (C=O) groups excluding carboxylic acids is 1. The maximum absolute atomic E-state index is 12.9. The Labute approximate surface area is 150 Å². The first kappa shape index (κ1) is 16.1. The summed E-state index contributed by atoms with van der Waals surface area (Å²) in [6.45, 7) is 3.76. The number of hydrogen-bond acceptors (Lipinski definition) is 4. The first-order valence-electron chi connectivity index (χ1n) is 8.36. The smallest absolute Gasteiger partial charge is 0.259 e. The molecule has 0 saturated heterocycles. The molecule has 2 aromatic heterocycles. The van der Waals surface area contributed by atoms with Crippen molar-refractivity contribution in [2.24, 2.45) is 0 Å². The quantitative estimate of drug-likeness (QED) is 0.745. The number of rotatable bonds is 4. The van der Waals surface area contributed by atoms with Gasteiger partial charge in [0.2, 0.25) is 0 Å². The van der Waals surface area contributed by atoms with Gasteiger partial charge in [-0.2, -0.15) is 0 Å². The van der Waals surface area contributed by atoms with Crippen molar-refractivity contribution < 1.29 is 9.32 Å². The molecule has 1 aliphatic rings. The summed E-state index contributed by atoms with van der Waals surface area (Å²) in [6, 6.07) is 9.20. The summed E-state index contributed by atoms with van der Waals surface area (Å²) in [5.74, 6) is 0.264. The van der Waals surface area contributed by atoms with Gasteiger partial charge in [0.05, 0.1) is 22.7 Å². The van der Waals surface area contributed by atoms with Gasteiger partial charge < -0.3 is 9.84 Å². The highest BCUT2D eigenvalue weighted by Gasteiger charge is 2.29. The minimum Gasteiger partial charge on any atom is -0.345 e. The Morgan fingerprint density at radius 2 is 2.16 bits per heavy atom. The summed E-state index contributed by atoms with van der Waals surface area (Å²) in [5, 5.41) is 8.34. The molecule has 128 valence electrons. The SMILES string of the molecule is Cc1noc2nc(C3CC3)cc(C(=O)N[C@@H](C)c3cccc(Cl)c3)c12. The molecular formula is C19H18ClN3O2. The molecule has 0 unspecified atom stereocenters. The van der Waals surface area contributed by atoms with Crippen molar-refractivity contribution in [1.82, 2.24) is 15.5 Å². The van der Waals surface area contributed by atoms with Crippen LogP contribution in [0.1, 0.15) is 59.0 Å². The van der Waals surface area contributed by atoms with Gasteiger partial charge in [0.25, 0.3) is 11.6 Å². The molecule has 0 bridgehead atoms. The van der Waals surface area contributed by atoms with E-state index in [9.17, 15) is 4.79 Å². The van der Waals surface area contributed by atoms with E-state index in [1.807, 2.05) is 44.2 Å². The third kappa shape index (κ3) is 3.12. The minimum absolute atomic E-state index is 0.159. The van der Waals surface area contributed by atoms with Crippen LogP contribution in [0, 0.1) is 6.92 Å². The zero-order valence-corrected chi connectivity index (χ0v) is 14.8. The van der Waals surface area contributed by atoms with Gasteiger partial charge in [0.15, 0.2) is 0 Å². The van der Waals surface area contributed by atoms with Crippen LogP contribution in [0.4, 0.5) is 0 Å². The molecule has 1 aliphatic carbocycles. The highest BCUT2D eigenvalue weighted by molar-refractivity contribution is 6.30. The van der Waals surface area contributed by atoms with Crippen LogP contribution in [0.15, 0.2) is 34.9 Å². The summed E-state index contributed by atoms with van der Waals surface area (Å²) in [4.78, 5) is 17.5. The van der Waals surface area contributed by atoms with E-state index in [1.54, 1.807) is 0 Å². The first-order chi connectivity index (χ1) is 12.0. The van der Waals surface area contributed by atoms with Crippen LogP contribution in [0.3, 0.4) is 0 Å². The van der Waals surface area contributed by atoms with Crippen LogP contribution in [-0.4, -0.2) is 16.0 Å². The summed E-state index contributed by atoms with van der Waals surface area (Å²) in [7, 11) is 0. The molecule has 5 nitrogen and oxygen atoms in total. The maximum Gasteiger partial charge on any atom is 0.259 e. The van der Waals surface area contributed by atoms with E-state index in [-0.39, 0.29) is 11.9 Å². The van der Waals surface area contributed by atoms with E-state index in [0.717, 1.165) is 24.1 Å². The zero-order chi connectivity index (χ0) is 17.6. The van der Waals surface area contributed by atoms with Crippen molar-refractivity contribution >= 4 is 28.6 Å². The molecule has 25 heavy (non-hydrogen) atoms. The average molecular weight is 356 g/mol. The van der Waals surface area contributed by atoms with Crippen molar-refractivity contribution in [1.29, 1.82) is 0 Å². The van der Waals surface area contributed by atoms with Gasteiger partial charge in [-0.05, 0) is 50.5 Å². The van der Waals surface area contributed by atoms with E-state index in [2.05, 4.69) is 15.5 Å². The minimum atomic E-state index is -0.168. The molecule has 1 atom stereocenters. The summed E-state index contributed by atoms with van der Waals surface area (Å²) in [6.07, 6.45) is 2.21.